The molecule has 0 aliphatic heterocycles. The summed E-state index contributed by atoms with van der Waals surface area (Å²) in [6.45, 7) is 6.43. The van der Waals surface area contributed by atoms with E-state index in [4.69, 9.17) is 4.74 Å². The SMILES string of the molecule is CCCNCC1(c2ccc(C)c(OC)c2)CC=CC1. The minimum atomic E-state index is 0.218. The van der Waals surface area contributed by atoms with Crippen molar-refractivity contribution in [3.8, 4) is 5.75 Å². The Hall–Kier alpha value is -1.28. The summed E-state index contributed by atoms with van der Waals surface area (Å²) in [6.07, 6.45) is 8.03. The number of rotatable bonds is 6. The van der Waals surface area contributed by atoms with Crippen LogP contribution in [0.4, 0.5) is 0 Å². The van der Waals surface area contributed by atoms with Crippen LogP contribution in [0.5, 0.6) is 5.75 Å². The van der Waals surface area contributed by atoms with Crippen LogP contribution in [-0.4, -0.2) is 20.2 Å². The molecule has 2 heteroatoms. The number of ether oxygens (including phenoxy) is 1. The van der Waals surface area contributed by atoms with E-state index in [1.165, 1.54) is 17.5 Å². The molecule has 0 radical (unpaired) electrons. The van der Waals surface area contributed by atoms with E-state index in [-0.39, 0.29) is 5.41 Å². The van der Waals surface area contributed by atoms with Crippen LogP contribution in [0.15, 0.2) is 30.4 Å². The summed E-state index contributed by atoms with van der Waals surface area (Å²) in [6, 6.07) is 6.66. The Morgan fingerprint density at radius 2 is 2.00 bits per heavy atom. The van der Waals surface area contributed by atoms with E-state index in [9.17, 15) is 0 Å². The van der Waals surface area contributed by atoms with E-state index in [1.54, 1.807) is 7.11 Å². The normalized spacial score (nSPS) is 16.8. The van der Waals surface area contributed by atoms with Gasteiger partial charge in [0, 0.05) is 12.0 Å². The first kappa shape index (κ1) is 14.1. The number of benzene rings is 1. The molecule has 2 nitrogen and oxygen atoms in total. The van der Waals surface area contributed by atoms with Crippen LogP contribution in [0.1, 0.15) is 37.3 Å². The van der Waals surface area contributed by atoms with Gasteiger partial charge in [-0.05, 0) is 49.9 Å². The largest absolute Gasteiger partial charge is 0.496 e. The van der Waals surface area contributed by atoms with Gasteiger partial charge in [-0.15, -0.1) is 0 Å². The zero-order chi connectivity index (χ0) is 13.7. The number of hydrogen-bond acceptors (Lipinski definition) is 2. The van der Waals surface area contributed by atoms with Gasteiger partial charge in [0.25, 0.3) is 0 Å². The van der Waals surface area contributed by atoms with Crippen LogP contribution < -0.4 is 10.1 Å². The molecule has 1 aromatic carbocycles. The van der Waals surface area contributed by atoms with Gasteiger partial charge in [0.1, 0.15) is 5.75 Å². The molecule has 0 fully saturated rings. The molecular formula is C17H25NO. The fourth-order valence-electron chi connectivity index (χ4n) is 2.84. The molecule has 1 N–H and O–H groups in total. The summed E-state index contributed by atoms with van der Waals surface area (Å²) < 4.78 is 5.48. The molecule has 104 valence electrons. The van der Waals surface area contributed by atoms with Crippen molar-refractivity contribution in [2.75, 3.05) is 20.2 Å². The molecule has 0 bridgehead atoms. The molecule has 19 heavy (non-hydrogen) atoms. The summed E-state index contributed by atoms with van der Waals surface area (Å²) in [5.41, 5.74) is 2.81. The lowest BCUT2D eigenvalue weighted by Crippen LogP contribution is -2.36. The summed E-state index contributed by atoms with van der Waals surface area (Å²) in [4.78, 5) is 0. The molecule has 2 rings (SSSR count). The standard InChI is InChI=1S/C17H25NO/c1-4-11-18-13-17(9-5-6-10-17)15-8-7-14(2)16(12-15)19-3/h5-8,12,18H,4,9-11,13H2,1-3H3. The fraction of sp³-hybridized carbons (Fsp3) is 0.529. The lowest BCUT2D eigenvalue weighted by Gasteiger charge is -2.30. The number of allylic oxidation sites excluding steroid dienone is 2. The van der Waals surface area contributed by atoms with Crippen molar-refractivity contribution < 1.29 is 4.74 Å². The molecule has 1 aliphatic rings. The molecule has 0 unspecified atom stereocenters. The Morgan fingerprint density at radius 3 is 2.63 bits per heavy atom. The van der Waals surface area contributed by atoms with E-state index >= 15 is 0 Å². The molecule has 1 aliphatic carbocycles. The van der Waals surface area contributed by atoms with Gasteiger partial charge in [0.2, 0.25) is 0 Å². The van der Waals surface area contributed by atoms with Crippen LogP contribution >= 0.6 is 0 Å². The number of nitrogens with one attached hydrogen (secondary N) is 1. The van der Waals surface area contributed by atoms with E-state index in [2.05, 4.69) is 49.5 Å². The van der Waals surface area contributed by atoms with Crippen LogP contribution in [-0.2, 0) is 5.41 Å². The third-order valence-corrected chi connectivity index (χ3v) is 4.09. The molecule has 0 aromatic heterocycles. The zero-order valence-electron chi connectivity index (χ0n) is 12.3. The van der Waals surface area contributed by atoms with Crippen LogP contribution in [0.2, 0.25) is 0 Å². The molecule has 0 heterocycles. The third-order valence-electron chi connectivity index (χ3n) is 4.09. The molecule has 1 aromatic rings. The minimum absolute atomic E-state index is 0.218. The van der Waals surface area contributed by atoms with Gasteiger partial charge in [-0.25, -0.2) is 0 Å². The highest BCUT2D eigenvalue weighted by Gasteiger charge is 2.32. The maximum absolute atomic E-state index is 5.48. The predicted octanol–water partition coefficient (Wildman–Crippen LogP) is 3.59. The first-order chi connectivity index (χ1) is 9.22. The molecule has 0 amide bonds. The Kier molecular flexibility index (Phi) is 4.65. The van der Waals surface area contributed by atoms with Crippen molar-refractivity contribution in [2.45, 2.75) is 38.5 Å². The summed E-state index contributed by atoms with van der Waals surface area (Å²) >= 11 is 0. The average Bonchev–Trinajstić information content (AvgIpc) is 2.89. The van der Waals surface area contributed by atoms with E-state index in [0.29, 0.717) is 0 Å². The Labute approximate surface area is 116 Å². The first-order valence-corrected chi connectivity index (χ1v) is 7.23. The Bertz CT molecular complexity index is 443. The second kappa shape index (κ2) is 6.25. The van der Waals surface area contributed by atoms with Crippen molar-refractivity contribution in [3.63, 3.8) is 0 Å². The van der Waals surface area contributed by atoms with Crippen LogP contribution in [0, 0.1) is 6.92 Å². The van der Waals surface area contributed by atoms with Crippen LogP contribution in [0.25, 0.3) is 0 Å². The van der Waals surface area contributed by atoms with Gasteiger partial charge in [-0.2, -0.15) is 0 Å². The summed E-state index contributed by atoms with van der Waals surface area (Å²) in [5.74, 6) is 0.999. The van der Waals surface area contributed by atoms with Gasteiger partial charge >= 0.3 is 0 Å². The Morgan fingerprint density at radius 1 is 1.26 bits per heavy atom. The third kappa shape index (κ3) is 3.01. The van der Waals surface area contributed by atoms with Crippen molar-refractivity contribution in [1.82, 2.24) is 5.32 Å². The first-order valence-electron chi connectivity index (χ1n) is 7.23. The fourth-order valence-corrected chi connectivity index (χ4v) is 2.84. The van der Waals surface area contributed by atoms with Gasteiger partial charge in [0.05, 0.1) is 7.11 Å². The maximum atomic E-state index is 5.48. The lowest BCUT2D eigenvalue weighted by molar-refractivity contribution is 0.398. The molecule has 0 spiro atoms. The molecule has 0 saturated heterocycles. The molecule has 0 atom stereocenters. The summed E-state index contributed by atoms with van der Waals surface area (Å²) in [5, 5.41) is 3.59. The monoisotopic (exact) mass is 259 g/mol. The van der Waals surface area contributed by atoms with Gasteiger partial charge < -0.3 is 10.1 Å². The van der Waals surface area contributed by atoms with Gasteiger partial charge in [-0.3, -0.25) is 0 Å². The summed E-state index contributed by atoms with van der Waals surface area (Å²) in [7, 11) is 1.75. The zero-order valence-corrected chi connectivity index (χ0v) is 12.3. The minimum Gasteiger partial charge on any atom is -0.496 e. The highest BCUT2D eigenvalue weighted by atomic mass is 16.5. The smallest absolute Gasteiger partial charge is 0.122 e. The van der Waals surface area contributed by atoms with Crippen molar-refractivity contribution in [3.05, 3.63) is 41.5 Å². The highest BCUT2D eigenvalue weighted by molar-refractivity contribution is 5.41. The second-order valence-electron chi connectivity index (χ2n) is 5.52. The van der Waals surface area contributed by atoms with E-state index in [1.807, 2.05) is 0 Å². The van der Waals surface area contributed by atoms with Crippen molar-refractivity contribution in [2.24, 2.45) is 0 Å². The van der Waals surface area contributed by atoms with Crippen molar-refractivity contribution >= 4 is 0 Å². The van der Waals surface area contributed by atoms with E-state index in [0.717, 1.165) is 31.7 Å². The van der Waals surface area contributed by atoms with Crippen LogP contribution in [0.3, 0.4) is 0 Å². The second-order valence-corrected chi connectivity index (χ2v) is 5.52. The quantitative estimate of drug-likeness (QED) is 0.622. The van der Waals surface area contributed by atoms with Gasteiger partial charge in [-0.1, -0.05) is 31.2 Å². The van der Waals surface area contributed by atoms with Crippen molar-refractivity contribution in [1.29, 1.82) is 0 Å². The maximum Gasteiger partial charge on any atom is 0.122 e. The number of hydrogen-bond donors (Lipinski definition) is 1. The van der Waals surface area contributed by atoms with E-state index < -0.39 is 0 Å². The topological polar surface area (TPSA) is 21.3 Å². The van der Waals surface area contributed by atoms with Gasteiger partial charge in [0.15, 0.2) is 0 Å². The number of methoxy groups -OCH3 is 1. The molecular weight excluding hydrogens is 234 g/mol. The predicted molar refractivity (Wildman–Crippen MR) is 80.9 cm³/mol. The average molecular weight is 259 g/mol. The molecule has 0 saturated carbocycles. The highest BCUT2D eigenvalue weighted by Crippen LogP contribution is 2.38. The number of aryl methyl sites for hydroxylation is 1. The lowest BCUT2D eigenvalue weighted by atomic mass is 9.77. The Balaban J connectivity index is 2.23.